The molecule has 0 saturated carbocycles. The lowest BCUT2D eigenvalue weighted by Crippen LogP contribution is -2.34. The van der Waals surface area contributed by atoms with E-state index in [2.05, 4.69) is 10.6 Å². The van der Waals surface area contributed by atoms with Gasteiger partial charge in [-0.25, -0.2) is 0 Å². The molecule has 1 aliphatic rings. The van der Waals surface area contributed by atoms with E-state index in [0.29, 0.717) is 18.6 Å². The molecule has 0 bridgehead atoms. The van der Waals surface area contributed by atoms with Gasteiger partial charge < -0.3 is 15.4 Å². The number of nitrogens with zero attached hydrogens (tertiary/aromatic N) is 1. The summed E-state index contributed by atoms with van der Waals surface area (Å²) in [5.74, 6) is -1.43. The topological polar surface area (TPSA) is 105 Å². The molecule has 2 aromatic rings. The van der Waals surface area contributed by atoms with Crippen LogP contribution in [0.4, 0.5) is 0 Å². The van der Waals surface area contributed by atoms with E-state index in [1.54, 1.807) is 13.2 Å². The van der Waals surface area contributed by atoms with Gasteiger partial charge in [0, 0.05) is 45.0 Å². The van der Waals surface area contributed by atoms with Gasteiger partial charge in [-0.05, 0) is 36.3 Å². The fourth-order valence-electron chi connectivity index (χ4n) is 3.26. The summed E-state index contributed by atoms with van der Waals surface area (Å²) in [5, 5.41) is 5.38. The van der Waals surface area contributed by atoms with Crippen LogP contribution >= 0.6 is 0 Å². The third-order valence-electron chi connectivity index (χ3n) is 4.90. The van der Waals surface area contributed by atoms with Gasteiger partial charge in [-0.2, -0.15) is 0 Å². The highest BCUT2D eigenvalue weighted by atomic mass is 16.5. The molecule has 0 spiro atoms. The number of amides is 4. The highest BCUT2D eigenvalue weighted by molar-refractivity contribution is 6.22. The van der Waals surface area contributed by atoms with Crippen LogP contribution in [0.25, 0.3) is 6.08 Å². The first-order valence-corrected chi connectivity index (χ1v) is 10.3. The molecule has 8 nitrogen and oxygen atoms in total. The second-order valence-corrected chi connectivity index (χ2v) is 7.16. The Bertz CT molecular complexity index is 1030. The Labute approximate surface area is 186 Å². The molecule has 3 rings (SSSR count). The van der Waals surface area contributed by atoms with Crippen LogP contribution in [0.2, 0.25) is 0 Å². The molecule has 0 atom stereocenters. The smallest absolute Gasteiger partial charge is 0.261 e. The van der Waals surface area contributed by atoms with E-state index in [1.165, 1.54) is 29.2 Å². The number of benzene rings is 2. The van der Waals surface area contributed by atoms with Crippen LogP contribution in [0.5, 0.6) is 0 Å². The predicted octanol–water partition coefficient (Wildman–Crippen LogP) is 1.88. The maximum absolute atomic E-state index is 12.6. The minimum Gasteiger partial charge on any atom is -0.385 e. The Hall–Kier alpha value is -3.78. The lowest BCUT2D eigenvalue weighted by Gasteiger charge is -2.12. The monoisotopic (exact) mass is 435 g/mol. The van der Waals surface area contributed by atoms with Crippen LogP contribution in [-0.2, 0) is 9.53 Å². The molecular formula is C24H25N3O5. The van der Waals surface area contributed by atoms with E-state index in [-0.39, 0.29) is 48.5 Å². The first-order chi connectivity index (χ1) is 15.5. The summed E-state index contributed by atoms with van der Waals surface area (Å²) >= 11 is 0. The van der Waals surface area contributed by atoms with E-state index >= 15 is 0 Å². The van der Waals surface area contributed by atoms with Gasteiger partial charge in [0.2, 0.25) is 5.91 Å². The zero-order valence-corrected chi connectivity index (χ0v) is 17.8. The number of carbonyl (C=O) groups excluding carboxylic acids is 4. The fraction of sp³-hybridized carbons (Fsp3) is 0.250. The van der Waals surface area contributed by atoms with Crippen molar-refractivity contribution < 1.29 is 23.9 Å². The van der Waals surface area contributed by atoms with E-state index in [0.717, 1.165) is 5.56 Å². The molecule has 166 valence electrons. The molecule has 0 aliphatic carbocycles. The van der Waals surface area contributed by atoms with Crippen molar-refractivity contribution in [2.45, 2.75) is 6.42 Å². The number of nitrogens with one attached hydrogen (secondary N) is 2. The molecule has 1 heterocycles. The van der Waals surface area contributed by atoms with Crippen molar-refractivity contribution in [3.8, 4) is 0 Å². The normalized spacial score (nSPS) is 12.8. The average Bonchev–Trinajstić information content (AvgIpc) is 3.05. The standard InChI is InChI=1S/C24H25N3O5/c1-32-15-5-14-27-23(30)19-10-9-18(16-20(19)24(27)31)22(29)26-13-12-25-21(28)11-8-17-6-3-2-4-7-17/h2-4,6-11,16H,5,12-15H2,1H3,(H,25,28)(H,26,29)/b11-8+. The van der Waals surface area contributed by atoms with Gasteiger partial charge in [0.1, 0.15) is 0 Å². The Kier molecular flexibility index (Phi) is 7.88. The van der Waals surface area contributed by atoms with Crippen molar-refractivity contribution in [2.24, 2.45) is 0 Å². The van der Waals surface area contributed by atoms with Crippen molar-refractivity contribution in [2.75, 3.05) is 33.4 Å². The summed E-state index contributed by atoms with van der Waals surface area (Å²) in [5.41, 5.74) is 1.71. The maximum Gasteiger partial charge on any atom is 0.261 e. The number of rotatable bonds is 10. The molecule has 1 aliphatic heterocycles. The summed E-state index contributed by atoms with van der Waals surface area (Å²) in [6.07, 6.45) is 3.68. The molecule has 0 fully saturated rings. The third kappa shape index (κ3) is 5.67. The van der Waals surface area contributed by atoms with E-state index in [9.17, 15) is 19.2 Å². The lowest BCUT2D eigenvalue weighted by atomic mass is 10.1. The SMILES string of the molecule is COCCCN1C(=O)c2ccc(C(=O)NCCNC(=O)/C=C/c3ccccc3)cc2C1=O. The van der Waals surface area contributed by atoms with Gasteiger partial charge in [-0.3, -0.25) is 24.1 Å². The molecule has 0 saturated heterocycles. The number of imide groups is 1. The summed E-state index contributed by atoms with van der Waals surface area (Å²) in [6.45, 7) is 1.18. The van der Waals surface area contributed by atoms with Crippen molar-refractivity contribution in [3.05, 3.63) is 76.9 Å². The highest BCUT2D eigenvalue weighted by Crippen LogP contribution is 2.24. The van der Waals surface area contributed by atoms with Gasteiger partial charge >= 0.3 is 0 Å². The van der Waals surface area contributed by atoms with Crippen molar-refractivity contribution in [1.29, 1.82) is 0 Å². The van der Waals surface area contributed by atoms with Crippen LogP contribution in [0.15, 0.2) is 54.6 Å². The molecule has 32 heavy (non-hydrogen) atoms. The molecule has 0 aromatic heterocycles. The number of hydrogen-bond donors (Lipinski definition) is 2. The van der Waals surface area contributed by atoms with Gasteiger partial charge in [0.05, 0.1) is 11.1 Å². The number of carbonyl (C=O) groups is 4. The van der Waals surface area contributed by atoms with Gasteiger partial charge in [-0.1, -0.05) is 30.3 Å². The Morgan fingerprint density at radius 1 is 0.969 bits per heavy atom. The van der Waals surface area contributed by atoms with Crippen LogP contribution in [0.3, 0.4) is 0 Å². The van der Waals surface area contributed by atoms with E-state index in [1.807, 2.05) is 30.3 Å². The minimum absolute atomic E-state index is 0.219. The number of fused-ring (bicyclic) bond motifs is 1. The van der Waals surface area contributed by atoms with Crippen LogP contribution in [0, 0.1) is 0 Å². The number of ether oxygens (including phenoxy) is 1. The summed E-state index contributed by atoms with van der Waals surface area (Å²) in [7, 11) is 1.56. The van der Waals surface area contributed by atoms with Crippen molar-refractivity contribution >= 4 is 29.7 Å². The molecule has 0 radical (unpaired) electrons. The molecule has 8 heteroatoms. The summed E-state index contributed by atoms with van der Waals surface area (Å²) in [6, 6.07) is 13.9. The number of methoxy groups -OCH3 is 1. The first kappa shape index (κ1) is 22.9. The lowest BCUT2D eigenvalue weighted by molar-refractivity contribution is -0.116. The van der Waals surface area contributed by atoms with Crippen molar-refractivity contribution in [3.63, 3.8) is 0 Å². The fourth-order valence-corrected chi connectivity index (χ4v) is 3.26. The Morgan fingerprint density at radius 3 is 2.44 bits per heavy atom. The molecule has 2 aromatic carbocycles. The second-order valence-electron chi connectivity index (χ2n) is 7.16. The third-order valence-corrected chi connectivity index (χ3v) is 4.90. The van der Waals surface area contributed by atoms with Crippen LogP contribution < -0.4 is 10.6 Å². The Morgan fingerprint density at radius 2 is 1.69 bits per heavy atom. The predicted molar refractivity (Wildman–Crippen MR) is 119 cm³/mol. The van der Waals surface area contributed by atoms with Crippen molar-refractivity contribution in [1.82, 2.24) is 15.5 Å². The zero-order chi connectivity index (χ0) is 22.9. The molecule has 4 amide bonds. The van der Waals surface area contributed by atoms with E-state index in [4.69, 9.17) is 4.74 Å². The quantitative estimate of drug-likeness (QED) is 0.337. The highest BCUT2D eigenvalue weighted by Gasteiger charge is 2.35. The Balaban J connectivity index is 1.48. The van der Waals surface area contributed by atoms with Crippen LogP contribution in [-0.4, -0.2) is 61.9 Å². The summed E-state index contributed by atoms with van der Waals surface area (Å²) in [4.78, 5) is 50.4. The van der Waals surface area contributed by atoms with Gasteiger partial charge in [0.25, 0.3) is 17.7 Å². The number of hydrogen-bond acceptors (Lipinski definition) is 5. The zero-order valence-electron chi connectivity index (χ0n) is 17.8. The summed E-state index contributed by atoms with van der Waals surface area (Å²) < 4.78 is 4.96. The maximum atomic E-state index is 12.6. The average molecular weight is 435 g/mol. The van der Waals surface area contributed by atoms with Gasteiger partial charge in [-0.15, -0.1) is 0 Å². The largest absolute Gasteiger partial charge is 0.385 e. The molecule has 2 N–H and O–H groups in total. The second kappa shape index (κ2) is 11.0. The van der Waals surface area contributed by atoms with Crippen LogP contribution in [0.1, 0.15) is 43.1 Å². The van der Waals surface area contributed by atoms with E-state index < -0.39 is 5.91 Å². The molecule has 0 unspecified atom stereocenters. The first-order valence-electron chi connectivity index (χ1n) is 10.3. The van der Waals surface area contributed by atoms with Gasteiger partial charge in [0.15, 0.2) is 0 Å². The molecular weight excluding hydrogens is 410 g/mol. The minimum atomic E-state index is -0.409.